The van der Waals surface area contributed by atoms with Gasteiger partial charge in [0, 0.05) is 11.6 Å². The van der Waals surface area contributed by atoms with Crippen molar-refractivity contribution in [3.05, 3.63) is 35.1 Å². The van der Waals surface area contributed by atoms with Crippen LogP contribution in [0.15, 0.2) is 18.2 Å². The third-order valence-electron chi connectivity index (χ3n) is 3.80. The third-order valence-corrected chi connectivity index (χ3v) is 3.80. The van der Waals surface area contributed by atoms with Gasteiger partial charge in [-0.2, -0.15) is 0 Å². The van der Waals surface area contributed by atoms with Crippen LogP contribution in [-0.2, 0) is 0 Å². The Morgan fingerprint density at radius 2 is 1.90 bits per heavy atom. The van der Waals surface area contributed by atoms with Gasteiger partial charge in [-0.05, 0) is 52.0 Å². The van der Waals surface area contributed by atoms with E-state index in [0.717, 1.165) is 50.1 Å². The Kier molecular flexibility index (Phi) is 7.78. The van der Waals surface area contributed by atoms with E-state index in [9.17, 15) is 4.39 Å². The highest BCUT2D eigenvalue weighted by Gasteiger charge is 2.16. The minimum atomic E-state index is -0.0937. The van der Waals surface area contributed by atoms with Crippen LogP contribution in [0.4, 0.5) is 4.39 Å². The number of aryl methyl sites for hydroxylation is 1. The Bertz CT molecular complexity index is 389. The highest BCUT2D eigenvalue weighted by Crippen LogP contribution is 2.22. The lowest BCUT2D eigenvalue weighted by atomic mass is 10.0. The van der Waals surface area contributed by atoms with Crippen molar-refractivity contribution in [1.82, 2.24) is 10.2 Å². The predicted octanol–water partition coefficient (Wildman–Crippen LogP) is 3.91. The van der Waals surface area contributed by atoms with Crippen LogP contribution in [0.3, 0.4) is 0 Å². The van der Waals surface area contributed by atoms with Crippen LogP contribution >= 0.6 is 0 Å². The summed E-state index contributed by atoms with van der Waals surface area (Å²) in [6.45, 7) is 12.5. The van der Waals surface area contributed by atoms with Crippen molar-refractivity contribution in [3.8, 4) is 0 Å². The van der Waals surface area contributed by atoms with Gasteiger partial charge in [0.05, 0.1) is 0 Å². The van der Waals surface area contributed by atoms with Crippen molar-refractivity contribution in [2.24, 2.45) is 0 Å². The molecule has 1 aromatic carbocycles. The first-order chi connectivity index (χ1) is 9.62. The lowest BCUT2D eigenvalue weighted by Crippen LogP contribution is -2.30. The van der Waals surface area contributed by atoms with Crippen LogP contribution in [0.5, 0.6) is 0 Å². The van der Waals surface area contributed by atoms with E-state index in [-0.39, 0.29) is 11.9 Å². The van der Waals surface area contributed by atoms with Gasteiger partial charge in [-0.1, -0.05) is 38.5 Å². The van der Waals surface area contributed by atoms with Gasteiger partial charge in [0.1, 0.15) is 5.82 Å². The fraction of sp³-hybridized carbons (Fsp3) is 0.647. The minimum Gasteiger partial charge on any atom is -0.310 e. The Hall–Kier alpha value is -0.930. The average Bonchev–Trinajstić information content (AvgIpc) is 2.46. The summed E-state index contributed by atoms with van der Waals surface area (Å²) in [5.74, 6) is -0.0937. The van der Waals surface area contributed by atoms with Gasteiger partial charge in [-0.3, -0.25) is 0 Å². The second-order valence-corrected chi connectivity index (χ2v) is 5.35. The van der Waals surface area contributed by atoms with Crippen LogP contribution in [0.2, 0.25) is 0 Å². The number of rotatable bonds is 9. The van der Waals surface area contributed by atoms with E-state index in [0.29, 0.717) is 0 Å². The first kappa shape index (κ1) is 17.1. The summed E-state index contributed by atoms with van der Waals surface area (Å²) in [4.78, 5) is 2.38. The number of nitrogens with one attached hydrogen (secondary N) is 1. The van der Waals surface area contributed by atoms with Crippen LogP contribution in [0.1, 0.15) is 50.8 Å². The SMILES string of the molecule is CCCNC(CCN(CC)CC)c1cc(C)ccc1F. The molecule has 20 heavy (non-hydrogen) atoms. The maximum Gasteiger partial charge on any atom is 0.127 e. The second-order valence-electron chi connectivity index (χ2n) is 5.35. The van der Waals surface area contributed by atoms with E-state index < -0.39 is 0 Å². The predicted molar refractivity (Wildman–Crippen MR) is 84.6 cm³/mol. The first-order valence-electron chi connectivity index (χ1n) is 7.84. The molecule has 1 aromatic rings. The molecule has 1 atom stereocenters. The summed E-state index contributed by atoms with van der Waals surface area (Å²) in [5, 5.41) is 3.49. The third kappa shape index (κ3) is 5.22. The number of halogens is 1. The van der Waals surface area contributed by atoms with E-state index in [1.807, 2.05) is 19.1 Å². The zero-order valence-electron chi connectivity index (χ0n) is 13.4. The fourth-order valence-corrected chi connectivity index (χ4v) is 2.47. The topological polar surface area (TPSA) is 15.3 Å². The van der Waals surface area contributed by atoms with E-state index in [4.69, 9.17) is 0 Å². The maximum absolute atomic E-state index is 14.1. The molecule has 1 N–H and O–H groups in total. The molecule has 1 rings (SSSR count). The molecule has 0 amide bonds. The van der Waals surface area contributed by atoms with Crippen molar-refractivity contribution in [3.63, 3.8) is 0 Å². The average molecular weight is 280 g/mol. The molecule has 0 saturated heterocycles. The summed E-state index contributed by atoms with van der Waals surface area (Å²) in [6.07, 6.45) is 2.01. The van der Waals surface area contributed by atoms with E-state index in [2.05, 4.69) is 31.0 Å². The molecule has 0 saturated carbocycles. The highest BCUT2D eigenvalue weighted by molar-refractivity contribution is 5.27. The molecule has 0 bridgehead atoms. The largest absolute Gasteiger partial charge is 0.310 e. The molecule has 114 valence electrons. The van der Waals surface area contributed by atoms with Gasteiger partial charge < -0.3 is 10.2 Å². The monoisotopic (exact) mass is 280 g/mol. The lowest BCUT2D eigenvalue weighted by Gasteiger charge is -2.24. The molecular weight excluding hydrogens is 251 g/mol. The highest BCUT2D eigenvalue weighted by atomic mass is 19.1. The first-order valence-corrected chi connectivity index (χ1v) is 7.84. The lowest BCUT2D eigenvalue weighted by molar-refractivity contribution is 0.280. The van der Waals surface area contributed by atoms with Crippen LogP contribution in [0, 0.1) is 12.7 Å². The van der Waals surface area contributed by atoms with Crippen molar-refractivity contribution in [1.29, 1.82) is 0 Å². The standard InChI is InChI=1S/C17H29FN2/c1-5-11-19-17(10-12-20(6-2)7-3)15-13-14(4)8-9-16(15)18/h8-9,13,17,19H,5-7,10-12H2,1-4H3. The Morgan fingerprint density at radius 3 is 2.50 bits per heavy atom. The summed E-state index contributed by atoms with van der Waals surface area (Å²) in [7, 11) is 0. The molecule has 1 unspecified atom stereocenters. The zero-order valence-corrected chi connectivity index (χ0v) is 13.4. The van der Waals surface area contributed by atoms with Crippen molar-refractivity contribution >= 4 is 0 Å². The van der Waals surface area contributed by atoms with Gasteiger partial charge in [0.2, 0.25) is 0 Å². The Balaban J connectivity index is 2.79. The molecule has 0 aliphatic rings. The molecule has 3 heteroatoms. The number of nitrogens with zero attached hydrogens (tertiary/aromatic N) is 1. The summed E-state index contributed by atoms with van der Waals surface area (Å²) in [6, 6.07) is 5.50. The smallest absolute Gasteiger partial charge is 0.127 e. The maximum atomic E-state index is 14.1. The summed E-state index contributed by atoms with van der Waals surface area (Å²) in [5.41, 5.74) is 1.93. The zero-order chi connectivity index (χ0) is 15.0. The molecule has 0 aliphatic heterocycles. The van der Waals surface area contributed by atoms with Crippen LogP contribution in [0.25, 0.3) is 0 Å². The number of hydrogen-bond donors (Lipinski definition) is 1. The van der Waals surface area contributed by atoms with Crippen LogP contribution < -0.4 is 5.32 Å². The van der Waals surface area contributed by atoms with E-state index in [1.165, 1.54) is 0 Å². The summed E-state index contributed by atoms with van der Waals surface area (Å²) < 4.78 is 14.1. The molecule has 0 aliphatic carbocycles. The number of benzene rings is 1. The fourth-order valence-electron chi connectivity index (χ4n) is 2.47. The van der Waals surface area contributed by atoms with Gasteiger partial charge in [0.15, 0.2) is 0 Å². The molecule has 2 nitrogen and oxygen atoms in total. The Labute approximate surface area is 123 Å². The molecule has 0 radical (unpaired) electrons. The quantitative estimate of drug-likeness (QED) is 0.738. The Morgan fingerprint density at radius 1 is 1.20 bits per heavy atom. The molecule has 0 aromatic heterocycles. The van der Waals surface area contributed by atoms with Crippen molar-refractivity contribution in [2.45, 2.75) is 46.6 Å². The molecular formula is C17H29FN2. The van der Waals surface area contributed by atoms with Gasteiger partial charge in [0.25, 0.3) is 0 Å². The van der Waals surface area contributed by atoms with E-state index >= 15 is 0 Å². The number of hydrogen-bond acceptors (Lipinski definition) is 2. The van der Waals surface area contributed by atoms with Gasteiger partial charge in [-0.25, -0.2) is 4.39 Å². The van der Waals surface area contributed by atoms with Crippen molar-refractivity contribution in [2.75, 3.05) is 26.2 Å². The van der Waals surface area contributed by atoms with Gasteiger partial charge >= 0.3 is 0 Å². The van der Waals surface area contributed by atoms with E-state index in [1.54, 1.807) is 6.07 Å². The normalized spacial score (nSPS) is 12.9. The second kappa shape index (κ2) is 9.09. The van der Waals surface area contributed by atoms with Crippen molar-refractivity contribution < 1.29 is 4.39 Å². The molecule has 0 heterocycles. The van der Waals surface area contributed by atoms with Gasteiger partial charge in [-0.15, -0.1) is 0 Å². The molecule has 0 fully saturated rings. The minimum absolute atomic E-state index is 0.0937. The van der Waals surface area contributed by atoms with Crippen LogP contribution in [-0.4, -0.2) is 31.1 Å². The summed E-state index contributed by atoms with van der Waals surface area (Å²) >= 11 is 0. The molecule has 0 spiro atoms.